The lowest BCUT2D eigenvalue weighted by Crippen LogP contribution is -2.36. The lowest BCUT2D eigenvalue weighted by molar-refractivity contribution is -0.120. The van der Waals surface area contributed by atoms with E-state index >= 15 is 0 Å². The molecule has 4 heteroatoms. The SMILES string of the molecule is CCCNC(=O)[C@@H](C)[S@@](=O)Cc1ccc(C)cc1. The molecule has 0 spiro atoms. The first-order valence-electron chi connectivity index (χ1n) is 6.25. The number of carbonyl (C=O) groups is 1. The van der Waals surface area contributed by atoms with E-state index in [0.717, 1.165) is 12.0 Å². The first-order chi connectivity index (χ1) is 8.54. The zero-order valence-corrected chi connectivity index (χ0v) is 12.0. The van der Waals surface area contributed by atoms with Crippen molar-refractivity contribution in [2.45, 2.75) is 38.2 Å². The van der Waals surface area contributed by atoms with Gasteiger partial charge < -0.3 is 5.32 Å². The summed E-state index contributed by atoms with van der Waals surface area (Å²) in [7, 11) is -1.17. The van der Waals surface area contributed by atoms with Gasteiger partial charge in [-0.15, -0.1) is 0 Å². The van der Waals surface area contributed by atoms with Crippen LogP contribution in [0.4, 0.5) is 0 Å². The lowest BCUT2D eigenvalue weighted by atomic mass is 10.2. The fourth-order valence-electron chi connectivity index (χ4n) is 1.48. The van der Waals surface area contributed by atoms with Gasteiger partial charge in [-0.2, -0.15) is 0 Å². The highest BCUT2D eigenvalue weighted by molar-refractivity contribution is 7.85. The van der Waals surface area contributed by atoms with Crippen LogP contribution in [0.5, 0.6) is 0 Å². The maximum absolute atomic E-state index is 12.1. The van der Waals surface area contributed by atoms with Crippen LogP contribution in [-0.4, -0.2) is 21.9 Å². The van der Waals surface area contributed by atoms with Gasteiger partial charge in [-0.25, -0.2) is 0 Å². The Morgan fingerprint density at radius 3 is 2.50 bits per heavy atom. The van der Waals surface area contributed by atoms with Crippen LogP contribution in [0.25, 0.3) is 0 Å². The third-order valence-corrected chi connectivity index (χ3v) is 4.36. The van der Waals surface area contributed by atoms with Crippen molar-refractivity contribution in [1.82, 2.24) is 5.32 Å². The average molecular weight is 267 g/mol. The molecule has 0 radical (unpaired) electrons. The van der Waals surface area contributed by atoms with Crippen molar-refractivity contribution in [1.29, 1.82) is 0 Å². The molecular weight excluding hydrogens is 246 g/mol. The van der Waals surface area contributed by atoms with E-state index in [4.69, 9.17) is 0 Å². The summed E-state index contributed by atoms with van der Waals surface area (Å²) in [6.07, 6.45) is 0.892. The Morgan fingerprint density at radius 2 is 1.94 bits per heavy atom. The molecule has 3 nitrogen and oxygen atoms in total. The van der Waals surface area contributed by atoms with Gasteiger partial charge in [-0.05, 0) is 25.8 Å². The molecule has 1 N–H and O–H groups in total. The normalized spacial score (nSPS) is 13.9. The fraction of sp³-hybridized carbons (Fsp3) is 0.500. The highest BCUT2D eigenvalue weighted by atomic mass is 32.2. The number of aryl methyl sites for hydroxylation is 1. The molecule has 0 aliphatic heterocycles. The molecule has 1 rings (SSSR count). The van der Waals surface area contributed by atoms with Crippen molar-refractivity contribution < 1.29 is 9.00 Å². The molecule has 0 aromatic heterocycles. The highest BCUT2D eigenvalue weighted by Gasteiger charge is 2.19. The van der Waals surface area contributed by atoms with Crippen molar-refractivity contribution in [3.63, 3.8) is 0 Å². The molecule has 100 valence electrons. The number of hydrogen-bond acceptors (Lipinski definition) is 2. The van der Waals surface area contributed by atoms with Gasteiger partial charge in [0.15, 0.2) is 0 Å². The van der Waals surface area contributed by atoms with E-state index in [2.05, 4.69) is 5.32 Å². The van der Waals surface area contributed by atoms with Crippen LogP contribution in [0.3, 0.4) is 0 Å². The van der Waals surface area contributed by atoms with E-state index in [-0.39, 0.29) is 5.91 Å². The average Bonchev–Trinajstić information content (AvgIpc) is 2.37. The second-order valence-electron chi connectivity index (χ2n) is 4.44. The molecule has 0 aliphatic carbocycles. The van der Waals surface area contributed by atoms with Crippen LogP contribution in [0.1, 0.15) is 31.4 Å². The minimum Gasteiger partial charge on any atom is -0.355 e. The molecule has 0 heterocycles. The second kappa shape index (κ2) is 7.31. The number of hydrogen-bond donors (Lipinski definition) is 1. The van der Waals surface area contributed by atoms with E-state index in [9.17, 15) is 9.00 Å². The van der Waals surface area contributed by atoms with Gasteiger partial charge in [0.25, 0.3) is 0 Å². The Bertz CT molecular complexity index is 414. The molecule has 18 heavy (non-hydrogen) atoms. The molecule has 1 amide bonds. The topological polar surface area (TPSA) is 46.2 Å². The maximum atomic E-state index is 12.1. The monoisotopic (exact) mass is 267 g/mol. The third kappa shape index (κ3) is 4.61. The lowest BCUT2D eigenvalue weighted by Gasteiger charge is -2.11. The molecule has 1 aromatic rings. The molecule has 1 aromatic carbocycles. The fourth-order valence-corrected chi connectivity index (χ4v) is 2.58. The summed E-state index contributed by atoms with van der Waals surface area (Å²) in [4.78, 5) is 11.7. The summed E-state index contributed by atoms with van der Waals surface area (Å²) in [6.45, 7) is 6.37. The van der Waals surface area contributed by atoms with Gasteiger partial charge in [0.2, 0.25) is 5.91 Å². The van der Waals surface area contributed by atoms with Crippen molar-refractivity contribution in [2.24, 2.45) is 0 Å². The van der Waals surface area contributed by atoms with E-state index in [1.165, 1.54) is 5.56 Å². The highest BCUT2D eigenvalue weighted by Crippen LogP contribution is 2.09. The van der Waals surface area contributed by atoms with Gasteiger partial charge in [0.1, 0.15) is 5.25 Å². The Morgan fingerprint density at radius 1 is 1.33 bits per heavy atom. The van der Waals surface area contributed by atoms with Crippen LogP contribution in [0.2, 0.25) is 0 Å². The van der Waals surface area contributed by atoms with Crippen molar-refractivity contribution in [2.75, 3.05) is 6.54 Å². The smallest absolute Gasteiger partial charge is 0.235 e. The maximum Gasteiger partial charge on any atom is 0.235 e. The molecule has 0 unspecified atom stereocenters. The predicted octanol–water partition coefficient (Wildman–Crippen LogP) is 2.16. The predicted molar refractivity (Wildman–Crippen MR) is 75.8 cm³/mol. The van der Waals surface area contributed by atoms with Crippen LogP contribution < -0.4 is 5.32 Å². The van der Waals surface area contributed by atoms with Crippen LogP contribution >= 0.6 is 0 Å². The van der Waals surface area contributed by atoms with Crippen molar-refractivity contribution in [3.05, 3.63) is 35.4 Å². The van der Waals surface area contributed by atoms with Gasteiger partial charge in [-0.1, -0.05) is 36.8 Å². The summed E-state index contributed by atoms with van der Waals surface area (Å²) in [5, 5.41) is 2.32. The second-order valence-corrected chi connectivity index (χ2v) is 6.20. The van der Waals surface area contributed by atoms with E-state index in [1.54, 1.807) is 6.92 Å². The number of benzene rings is 1. The van der Waals surface area contributed by atoms with Crippen molar-refractivity contribution >= 4 is 16.7 Å². The number of amides is 1. The largest absolute Gasteiger partial charge is 0.355 e. The van der Waals surface area contributed by atoms with Crippen LogP contribution in [-0.2, 0) is 21.3 Å². The van der Waals surface area contributed by atoms with Gasteiger partial charge in [0, 0.05) is 23.1 Å². The summed E-state index contributed by atoms with van der Waals surface area (Å²) < 4.78 is 12.1. The van der Waals surface area contributed by atoms with E-state index in [1.807, 2.05) is 38.1 Å². The number of rotatable bonds is 6. The van der Waals surface area contributed by atoms with E-state index in [0.29, 0.717) is 12.3 Å². The van der Waals surface area contributed by atoms with Gasteiger partial charge in [0.05, 0.1) is 0 Å². The van der Waals surface area contributed by atoms with Crippen molar-refractivity contribution in [3.8, 4) is 0 Å². The minimum absolute atomic E-state index is 0.123. The molecule has 0 saturated heterocycles. The summed E-state index contributed by atoms with van der Waals surface area (Å²) >= 11 is 0. The van der Waals surface area contributed by atoms with Crippen LogP contribution in [0.15, 0.2) is 24.3 Å². The Labute approximate surface area is 111 Å². The summed E-state index contributed by atoms with van der Waals surface area (Å²) in [6, 6.07) is 7.91. The first-order valence-corrected chi connectivity index (χ1v) is 7.63. The van der Waals surface area contributed by atoms with Gasteiger partial charge >= 0.3 is 0 Å². The number of carbonyl (C=O) groups excluding carboxylic acids is 1. The Hall–Kier alpha value is -1.16. The summed E-state index contributed by atoms with van der Waals surface area (Å²) in [5.74, 6) is 0.309. The molecule has 0 aliphatic rings. The summed E-state index contributed by atoms with van der Waals surface area (Å²) in [5.41, 5.74) is 2.19. The zero-order valence-electron chi connectivity index (χ0n) is 11.2. The van der Waals surface area contributed by atoms with E-state index < -0.39 is 16.0 Å². The van der Waals surface area contributed by atoms with Gasteiger partial charge in [-0.3, -0.25) is 9.00 Å². The molecular formula is C14H21NO2S. The Balaban J connectivity index is 2.54. The minimum atomic E-state index is -1.17. The molecule has 0 bridgehead atoms. The molecule has 0 saturated carbocycles. The molecule has 2 atom stereocenters. The first kappa shape index (κ1) is 14.9. The quantitative estimate of drug-likeness (QED) is 0.858. The zero-order chi connectivity index (χ0) is 13.5. The Kier molecular flexibility index (Phi) is 6.05. The van der Waals surface area contributed by atoms with Crippen LogP contribution in [0, 0.1) is 6.92 Å². The number of nitrogens with one attached hydrogen (secondary N) is 1. The molecule has 0 fully saturated rings. The third-order valence-electron chi connectivity index (χ3n) is 2.74. The standard InChI is InChI=1S/C14H21NO2S/c1-4-9-15-14(16)12(3)18(17)10-13-7-5-11(2)6-8-13/h5-8,12H,4,9-10H2,1-3H3,(H,15,16)/t12-,18+/m1/s1.